The van der Waals surface area contributed by atoms with Gasteiger partial charge in [0.05, 0.1) is 0 Å². The number of ether oxygens (including phenoxy) is 1. The number of aliphatic hydroxyl groups excluding tert-OH is 1. The second kappa shape index (κ2) is 11.3. The fourth-order valence-electron chi connectivity index (χ4n) is 5.49. The van der Waals surface area contributed by atoms with E-state index in [1.165, 1.54) is 60.7 Å². The summed E-state index contributed by atoms with van der Waals surface area (Å²) in [5, 5.41) is 39.0. The molecule has 0 spiro atoms. The van der Waals surface area contributed by atoms with E-state index in [0.29, 0.717) is 19.4 Å². The third-order valence-electron chi connectivity index (χ3n) is 7.65. The SMILES string of the molecule is O=C(c1ccccc1)C(O)[C@H]1O[C@@H](N2CCCCNC2=O)[C@@](O)(C(=O)c2ccccc2)[C@@]1(O)C(=O)c1ccccc1. The Morgan fingerprint density at radius 2 is 1.27 bits per heavy atom. The molecule has 2 fully saturated rings. The van der Waals surface area contributed by atoms with Crippen LogP contribution in [0.25, 0.3) is 0 Å². The summed E-state index contributed by atoms with van der Waals surface area (Å²) in [7, 11) is 0. The molecule has 41 heavy (non-hydrogen) atoms. The molecule has 0 aliphatic carbocycles. The molecular formula is C31H30N2O8. The minimum atomic E-state index is -3.21. The predicted octanol–water partition coefficient (Wildman–Crippen LogP) is 1.99. The minimum absolute atomic E-state index is 0.00589. The zero-order chi connectivity index (χ0) is 29.2. The standard InChI is InChI=1S/C31H30N2O8/c34-23(20-12-4-1-5-13-20)24(35)27-30(39,25(36)21-14-6-2-7-15-21)31(40,26(37)22-16-8-3-9-17-22)28(41-27)33-19-11-10-18-32-29(33)38/h1-9,12-17,24,27-28,35,39-40H,10-11,18-19H2,(H,32,38)/t24?,27-,28-,30-,31+/m1/s1. The summed E-state index contributed by atoms with van der Waals surface area (Å²) in [6.07, 6.45) is -5.23. The molecule has 0 bridgehead atoms. The van der Waals surface area contributed by atoms with Crippen molar-refractivity contribution < 1.29 is 39.2 Å². The van der Waals surface area contributed by atoms with Crippen LogP contribution in [-0.2, 0) is 4.74 Å². The Morgan fingerprint density at radius 3 is 1.80 bits per heavy atom. The van der Waals surface area contributed by atoms with Crippen LogP contribution in [-0.4, -0.2) is 86.3 Å². The van der Waals surface area contributed by atoms with Gasteiger partial charge in [-0.2, -0.15) is 0 Å². The molecule has 10 heteroatoms. The molecule has 0 radical (unpaired) electrons. The lowest BCUT2D eigenvalue weighted by Crippen LogP contribution is -2.71. The zero-order valence-corrected chi connectivity index (χ0v) is 22.1. The average Bonchev–Trinajstić information content (AvgIpc) is 3.11. The number of urea groups is 1. The molecular weight excluding hydrogens is 528 g/mol. The predicted molar refractivity (Wildman–Crippen MR) is 146 cm³/mol. The van der Waals surface area contributed by atoms with Gasteiger partial charge >= 0.3 is 6.03 Å². The summed E-state index contributed by atoms with van der Waals surface area (Å²) in [5.41, 5.74) is -6.48. The number of hydrogen-bond acceptors (Lipinski definition) is 8. The van der Waals surface area contributed by atoms with Crippen molar-refractivity contribution in [3.63, 3.8) is 0 Å². The number of rotatable bonds is 8. The van der Waals surface area contributed by atoms with Crippen LogP contribution in [0.4, 0.5) is 4.79 Å². The Balaban J connectivity index is 1.72. The van der Waals surface area contributed by atoms with E-state index in [4.69, 9.17) is 4.74 Å². The van der Waals surface area contributed by atoms with Crippen molar-refractivity contribution in [2.24, 2.45) is 0 Å². The van der Waals surface area contributed by atoms with Crippen LogP contribution in [0.5, 0.6) is 0 Å². The number of nitrogens with one attached hydrogen (secondary N) is 1. The lowest BCUT2D eigenvalue weighted by Gasteiger charge is -2.41. The number of Topliss-reactive ketones (excluding diaryl/α,β-unsaturated/α-hetero) is 3. The van der Waals surface area contributed by atoms with E-state index in [2.05, 4.69) is 5.32 Å². The fraction of sp³-hybridized carbons (Fsp3) is 0.290. The first-order valence-electron chi connectivity index (χ1n) is 13.3. The van der Waals surface area contributed by atoms with E-state index >= 15 is 0 Å². The average molecular weight is 559 g/mol. The van der Waals surface area contributed by atoms with Gasteiger partial charge in [-0.25, -0.2) is 4.79 Å². The van der Waals surface area contributed by atoms with Gasteiger partial charge in [-0.3, -0.25) is 19.3 Å². The molecule has 5 rings (SSSR count). The number of carbonyl (C=O) groups is 4. The van der Waals surface area contributed by atoms with Crippen LogP contribution < -0.4 is 5.32 Å². The van der Waals surface area contributed by atoms with Crippen molar-refractivity contribution in [3.05, 3.63) is 108 Å². The van der Waals surface area contributed by atoms with Crippen molar-refractivity contribution in [1.82, 2.24) is 10.2 Å². The van der Waals surface area contributed by atoms with Gasteiger partial charge in [0.2, 0.25) is 17.2 Å². The molecule has 1 unspecified atom stereocenters. The number of amides is 2. The number of benzene rings is 3. The lowest BCUT2D eigenvalue weighted by atomic mass is 9.69. The van der Waals surface area contributed by atoms with Crippen molar-refractivity contribution >= 4 is 23.4 Å². The molecule has 2 heterocycles. The molecule has 0 aromatic heterocycles. The Morgan fingerprint density at radius 1 is 0.780 bits per heavy atom. The first kappa shape index (κ1) is 28.3. The topological polar surface area (TPSA) is 153 Å². The monoisotopic (exact) mass is 558 g/mol. The summed E-state index contributed by atoms with van der Waals surface area (Å²) < 4.78 is 6.00. The van der Waals surface area contributed by atoms with Crippen LogP contribution in [0.1, 0.15) is 43.9 Å². The maximum absolute atomic E-state index is 14.2. The van der Waals surface area contributed by atoms with Crippen LogP contribution >= 0.6 is 0 Å². The second-order valence-corrected chi connectivity index (χ2v) is 10.1. The number of nitrogens with zero attached hydrogens (tertiary/aromatic N) is 1. The van der Waals surface area contributed by atoms with Crippen molar-refractivity contribution in [1.29, 1.82) is 0 Å². The van der Waals surface area contributed by atoms with E-state index < -0.39 is 53.0 Å². The third kappa shape index (κ3) is 4.74. The van der Waals surface area contributed by atoms with Crippen LogP contribution in [0.15, 0.2) is 91.0 Å². The van der Waals surface area contributed by atoms with Gasteiger partial charge < -0.3 is 25.4 Å². The number of hydrogen-bond donors (Lipinski definition) is 4. The summed E-state index contributed by atoms with van der Waals surface area (Å²) in [6.45, 7) is 0.324. The maximum atomic E-state index is 14.2. The second-order valence-electron chi connectivity index (χ2n) is 10.1. The van der Waals surface area contributed by atoms with E-state index in [-0.39, 0.29) is 23.2 Å². The molecule has 5 atom stereocenters. The lowest BCUT2D eigenvalue weighted by molar-refractivity contribution is -0.116. The van der Waals surface area contributed by atoms with Gasteiger partial charge in [0.25, 0.3) is 0 Å². The van der Waals surface area contributed by atoms with Crippen molar-refractivity contribution in [2.75, 3.05) is 13.1 Å². The molecule has 2 aliphatic heterocycles. The smallest absolute Gasteiger partial charge is 0.319 e. The largest absolute Gasteiger partial charge is 0.382 e. The van der Waals surface area contributed by atoms with Gasteiger partial charge in [0, 0.05) is 29.8 Å². The first-order valence-corrected chi connectivity index (χ1v) is 13.3. The highest BCUT2D eigenvalue weighted by Crippen LogP contribution is 2.47. The molecule has 3 aromatic carbocycles. The highest BCUT2D eigenvalue weighted by Gasteiger charge is 2.76. The highest BCUT2D eigenvalue weighted by atomic mass is 16.6. The van der Waals surface area contributed by atoms with Crippen LogP contribution in [0, 0.1) is 0 Å². The number of carbonyl (C=O) groups excluding carboxylic acids is 4. The molecule has 212 valence electrons. The Bertz CT molecular complexity index is 1430. The number of ketones is 3. The summed E-state index contributed by atoms with van der Waals surface area (Å²) in [4.78, 5) is 56.0. The van der Waals surface area contributed by atoms with E-state index in [9.17, 15) is 34.5 Å². The van der Waals surface area contributed by atoms with Crippen LogP contribution in [0.3, 0.4) is 0 Å². The normalized spacial score (nSPS) is 27.0. The molecule has 2 amide bonds. The van der Waals surface area contributed by atoms with E-state index in [1.807, 2.05) is 0 Å². The molecule has 2 saturated heterocycles. The molecule has 3 aromatic rings. The highest BCUT2D eigenvalue weighted by molar-refractivity contribution is 6.14. The maximum Gasteiger partial charge on any atom is 0.319 e. The molecule has 10 nitrogen and oxygen atoms in total. The Labute approximate surface area is 236 Å². The summed E-state index contributed by atoms with van der Waals surface area (Å²) in [6, 6.07) is 21.8. The summed E-state index contributed by atoms with van der Waals surface area (Å²) in [5.74, 6) is -3.19. The molecule has 2 aliphatic rings. The van der Waals surface area contributed by atoms with E-state index in [1.54, 1.807) is 30.3 Å². The summed E-state index contributed by atoms with van der Waals surface area (Å²) >= 11 is 0. The minimum Gasteiger partial charge on any atom is -0.382 e. The van der Waals surface area contributed by atoms with Gasteiger partial charge in [0.1, 0.15) is 12.2 Å². The zero-order valence-electron chi connectivity index (χ0n) is 22.1. The van der Waals surface area contributed by atoms with Gasteiger partial charge in [-0.1, -0.05) is 91.0 Å². The van der Waals surface area contributed by atoms with Crippen molar-refractivity contribution in [3.8, 4) is 0 Å². The first-order chi connectivity index (χ1) is 19.7. The Kier molecular flexibility index (Phi) is 7.83. The van der Waals surface area contributed by atoms with Gasteiger partial charge in [-0.05, 0) is 12.8 Å². The fourth-order valence-corrected chi connectivity index (χ4v) is 5.49. The Hall–Kier alpha value is -4.22. The molecule has 4 N–H and O–H groups in total. The quantitative estimate of drug-likeness (QED) is 0.306. The third-order valence-corrected chi connectivity index (χ3v) is 7.65. The van der Waals surface area contributed by atoms with Gasteiger partial charge in [0.15, 0.2) is 17.6 Å². The van der Waals surface area contributed by atoms with Gasteiger partial charge in [-0.15, -0.1) is 0 Å². The number of aliphatic hydroxyl groups is 3. The molecule has 0 saturated carbocycles. The van der Waals surface area contributed by atoms with Crippen molar-refractivity contribution in [2.45, 2.75) is 42.5 Å². The van der Waals surface area contributed by atoms with Crippen LogP contribution in [0.2, 0.25) is 0 Å². The van der Waals surface area contributed by atoms with E-state index in [0.717, 1.165) is 4.90 Å².